The van der Waals surface area contributed by atoms with Crippen molar-refractivity contribution in [2.45, 2.75) is 0 Å². The minimum atomic E-state index is 0.134. The van der Waals surface area contributed by atoms with Crippen LogP contribution in [0.4, 0.5) is 5.88 Å². The van der Waals surface area contributed by atoms with Crippen molar-refractivity contribution in [1.82, 2.24) is 4.98 Å². The molecule has 4 nitrogen and oxygen atoms in total. The second-order valence-electron chi connectivity index (χ2n) is 2.56. The van der Waals surface area contributed by atoms with Crippen LogP contribution in [0.15, 0.2) is 39.4 Å². The molecule has 2 N–H and O–H groups in total. The largest absolute Gasteiger partial charge is 0.410 e. The van der Waals surface area contributed by atoms with Crippen molar-refractivity contribution in [1.29, 1.82) is 0 Å². The number of halogens is 1. The molecule has 2 rings (SSSR count). The fourth-order valence-electron chi connectivity index (χ4n) is 0.939. The molecule has 1 heterocycles. The van der Waals surface area contributed by atoms with Gasteiger partial charge in [0.2, 0.25) is 5.88 Å². The Hall–Kier alpha value is -1.49. The molecule has 0 atom stereocenters. The second kappa shape index (κ2) is 3.71. The van der Waals surface area contributed by atoms with Crippen LogP contribution in [-0.2, 0) is 0 Å². The van der Waals surface area contributed by atoms with Gasteiger partial charge in [0.25, 0.3) is 0 Å². The Morgan fingerprint density at radius 2 is 2.14 bits per heavy atom. The molecule has 0 radical (unpaired) electrons. The SMILES string of the molecule is Nc1cnc(Oc2ccccc2Br)o1. The van der Waals surface area contributed by atoms with Crippen LogP contribution < -0.4 is 10.5 Å². The van der Waals surface area contributed by atoms with Gasteiger partial charge in [-0.05, 0) is 28.1 Å². The Bertz CT molecular complexity index is 442. The summed E-state index contributed by atoms with van der Waals surface area (Å²) in [5.74, 6) is 0.862. The molecule has 1 aromatic heterocycles. The molecule has 72 valence electrons. The van der Waals surface area contributed by atoms with Crippen molar-refractivity contribution < 1.29 is 9.15 Å². The summed E-state index contributed by atoms with van der Waals surface area (Å²) in [6.07, 6.45) is 1.53. The molecule has 14 heavy (non-hydrogen) atoms. The topological polar surface area (TPSA) is 61.3 Å². The van der Waals surface area contributed by atoms with Crippen LogP contribution in [-0.4, -0.2) is 4.98 Å². The molecule has 0 spiro atoms. The highest BCUT2D eigenvalue weighted by molar-refractivity contribution is 9.10. The molecule has 0 amide bonds. The first kappa shape index (κ1) is 9.08. The zero-order valence-electron chi connectivity index (χ0n) is 7.11. The van der Waals surface area contributed by atoms with Crippen molar-refractivity contribution in [3.8, 4) is 11.8 Å². The average molecular weight is 255 g/mol. The number of hydrogen-bond acceptors (Lipinski definition) is 4. The number of ether oxygens (including phenoxy) is 1. The number of nitrogens with two attached hydrogens (primary N) is 1. The van der Waals surface area contributed by atoms with Crippen LogP contribution in [0, 0.1) is 0 Å². The third kappa shape index (κ3) is 1.88. The van der Waals surface area contributed by atoms with Crippen LogP contribution in [0.2, 0.25) is 0 Å². The number of hydrogen-bond donors (Lipinski definition) is 1. The lowest BCUT2D eigenvalue weighted by Crippen LogP contribution is -1.84. The molecule has 0 fully saturated rings. The predicted molar refractivity (Wildman–Crippen MR) is 55.1 cm³/mol. The molecule has 0 saturated heterocycles. The van der Waals surface area contributed by atoms with Gasteiger partial charge < -0.3 is 14.9 Å². The highest BCUT2D eigenvalue weighted by Crippen LogP contribution is 2.28. The number of rotatable bonds is 2. The quantitative estimate of drug-likeness (QED) is 0.896. The fraction of sp³-hybridized carbons (Fsp3) is 0. The Morgan fingerprint density at radius 1 is 1.36 bits per heavy atom. The number of benzene rings is 1. The Balaban J connectivity index is 2.23. The summed E-state index contributed by atoms with van der Waals surface area (Å²) in [6.45, 7) is 0. The maximum absolute atomic E-state index is 5.35. The van der Waals surface area contributed by atoms with Gasteiger partial charge in [-0.1, -0.05) is 12.1 Å². The van der Waals surface area contributed by atoms with Crippen LogP contribution in [0.1, 0.15) is 0 Å². The van der Waals surface area contributed by atoms with Crippen LogP contribution in [0.3, 0.4) is 0 Å². The number of para-hydroxylation sites is 1. The highest BCUT2D eigenvalue weighted by Gasteiger charge is 2.05. The van der Waals surface area contributed by atoms with Crippen LogP contribution in [0.5, 0.6) is 11.8 Å². The van der Waals surface area contributed by atoms with Gasteiger partial charge in [0.15, 0.2) is 0 Å². The fourth-order valence-corrected chi connectivity index (χ4v) is 1.30. The summed E-state index contributed by atoms with van der Waals surface area (Å²) >= 11 is 3.33. The lowest BCUT2D eigenvalue weighted by atomic mass is 10.3. The van der Waals surface area contributed by atoms with E-state index in [0.717, 1.165) is 4.47 Å². The summed E-state index contributed by atoms with van der Waals surface area (Å²) in [5.41, 5.74) is 5.35. The van der Waals surface area contributed by atoms with Crippen LogP contribution >= 0.6 is 15.9 Å². The smallest absolute Gasteiger partial charge is 0.401 e. The minimum Gasteiger partial charge on any atom is -0.410 e. The minimum absolute atomic E-state index is 0.134. The molecule has 2 aromatic rings. The summed E-state index contributed by atoms with van der Waals surface area (Å²) in [6, 6.07) is 7.40. The zero-order valence-corrected chi connectivity index (χ0v) is 8.69. The number of nitrogen functional groups attached to an aromatic ring is 1. The summed E-state index contributed by atoms with van der Waals surface area (Å²) < 4.78 is 11.1. The first-order valence-corrected chi connectivity index (χ1v) is 4.68. The van der Waals surface area contributed by atoms with Crippen molar-refractivity contribution in [3.05, 3.63) is 34.9 Å². The van der Waals surface area contributed by atoms with Gasteiger partial charge in [0, 0.05) is 0 Å². The zero-order chi connectivity index (χ0) is 9.97. The van der Waals surface area contributed by atoms with Crippen molar-refractivity contribution in [2.24, 2.45) is 0 Å². The molecule has 0 aliphatic rings. The van der Waals surface area contributed by atoms with E-state index in [1.54, 1.807) is 6.07 Å². The maximum Gasteiger partial charge on any atom is 0.401 e. The van der Waals surface area contributed by atoms with Gasteiger partial charge in [-0.3, -0.25) is 0 Å². The lowest BCUT2D eigenvalue weighted by Gasteiger charge is -2.01. The van der Waals surface area contributed by atoms with E-state index >= 15 is 0 Å². The van der Waals surface area contributed by atoms with Gasteiger partial charge in [0.05, 0.1) is 10.7 Å². The van der Waals surface area contributed by atoms with E-state index in [1.807, 2.05) is 18.2 Å². The van der Waals surface area contributed by atoms with Gasteiger partial charge in [0.1, 0.15) is 5.75 Å². The average Bonchev–Trinajstić information content (AvgIpc) is 2.56. The van der Waals surface area contributed by atoms with Gasteiger partial charge in [-0.25, -0.2) is 0 Å². The van der Waals surface area contributed by atoms with E-state index in [9.17, 15) is 0 Å². The van der Waals surface area contributed by atoms with Gasteiger partial charge >= 0.3 is 6.08 Å². The molecule has 0 aliphatic heterocycles. The van der Waals surface area contributed by atoms with Crippen molar-refractivity contribution >= 4 is 21.8 Å². The number of nitrogens with zero attached hydrogens (tertiary/aromatic N) is 1. The van der Waals surface area contributed by atoms with Crippen molar-refractivity contribution in [3.63, 3.8) is 0 Å². The summed E-state index contributed by atoms with van der Waals surface area (Å²) in [4.78, 5) is 3.82. The standard InChI is InChI=1S/C9H7BrN2O2/c10-6-3-1-2-4-7(6)13-9-12-5-8(11)14-9/h1-5H,11H2. The highest BCUT2D eigenvalue weighted by atomic mass is 79.9. The molecule has 0 saturated carbocycles. The summed E-state index contributed by atoms with van der Waals surface area (Å²) in [5, 5.41) is 0. The lowest BCUT2D eigenvalue weighted by molar-refractivity contribution is 0.335. The van der Waals surface area contributed by atoms with E-state index in [2.05, 4.69) is 20.9 Å². The van der Waals surface area contributed by atoms with E-state index in [4.69, 9.17) is 14.9 Å². The number of oxazole rings is 1. The van der Waals surface area contributed by atoms with E-state index in [1.165, 1.54) is 6.20 Å². The molecule has 0 aliphatic carbocycles. The third-order valence-corrected chi connectivity index (χ3v) is 2.19. The third-order valence-electron chi connectivity index (χ3n) is 1.54. The first-order chi connectivity index (χ1) is 6.75. The normalized spacial score (nSPS) is 10.1. The maximum atomic E-state index is 5.35. The Labute approximate surface area is 88.8 Å². The predicted octanol–water partition coefficient (Wildman–Crippen LogP) is 2.81. The molecule has 1 aromatic carbocycles. The van der Waals surface area contributed by atoms with Gasteiger partial charge in [-0.15, -0.1) is 0 Å². The molecular weight excluding hydrogens is 248 g/mol. The van der Waals surface area contributed by atoms with E-state index < -0.39 is 0 Å². The first-order valence-electron chi connectivity index (χ1n) is 3.89. The van der Waals surface area contributed by atoms with E-state index in [0.29, 0.717) is 5.75 Å². The molecule has 0 unspecified atom stereocenters. The monoisotopic (exact) mass is 254 g/mol. The summed E-state index contributed by atoms with van der Waals surface area (Å²) in [7, 11) is 0. The second-order valence-corrected chi connectivity index (χ2v) is 3.42. The van der Waals surface area contributed by atoms with Gasteiger partial charge in [-0.2, -0.15) is 4.98 Å². The number of aromatic nitrogens is 1. The van der Waals surface area contributed by atoms with Crippen molar-refractivity contribution in [2.75, 3.05) is 5.73 Å². The van der Waals surface area contributed by atoms with E-state index in [-0.39, 0.29) is 12.0 Å². The number of anilines is 1. The molecular formula is C9H7BrN2O2. The van der Waals surface area contributed by atoms with Crippen LogP contribution in [0.25, 0.3) is 0 Å². The Morgan fingerprint density at radius 3 is 2.79 bits per heavy atom. The Kier molecular flexibility index (Phi) is 2.41. The molecule has 5 heteroatoms. The molecule has 0 bridgehead atoms.